The molecule has 0 spiro atoms. The van der Waals surface area contributed by atoms with Gasteiger partial charge in [0.05, 0.1) is 0 Å². The van der Waals surface area contributed by atoms with Crippen molar-refractivity contribution in [2.45, 2.75) is 6.92 Å². The average molecular weight is 183 g/mol. The van der Waals surface area contributed by atoms with E-state index in [9.17, 15) is 0 Å². The molecule has 0 saturated carbocycles. The van der Waals surface area contributed by atoms with Gasteiger partial charge in [0.2, 0.25) is 4.77 Å². The Morgan fingerprint density at radius 3 is 3.18 bits per heavy atom. The molecule has 5 heteroatoms. The summed E-state index contributed by atoms with van der Waals surface area (Å²) >= 11 is 6.42. The summed E-state index contributed by atoms with van der Waals surface area (Å²) in [5.41, 5.74) is 0. The summed E-state index contributed by atoms with van der Waals surface area (Å²) in [7, 11) is 0. The van der Waals surface area contributed by atoms with Crippen molar-refractivity contribution in [3.05, 3.63) is 22.2 Å². The van der Waals surface area contributed by atoms with Crippen molar-refractivity contribution in [1.29, 1.82) is 0 Å². The molecule has 0 radical (unpaired) electrons. The van der Waals surface area contributed by atoms with Crippen LogP contribution in [0.25, 0.3) is 4.96 Å². The fourth-order valence-corrected chi connectivity index (χ4v) is 1.92. The standard InChI is InChI=1S/C6H5N3S2/c1-4-7-5(10)8-6-9(4)2-3-11-6/h2-3H,1H3. The van der Waals surface area contributed by atoms with E-state index in [2.05, 4.69) is 9.97 Å². The largest absolute Gasteiger partial charge is 0.280 e. The molecule has 0 aromatic carbocycles. The van der Waals surface area contributed by atoms with Gasteiger partial charge < -0.3 is 0 Å². The summed E-state index contributed by atoms with van der Waals surface area (Å²) < 4.78 is 2.34. The van der Waals surface area contributed by atoms with Gasteiger partial charge in [0, 0.05) is 11.6 Å². The SMILES string of the molecule is Cc1nc(=S)nc2sccn12. The monoisotopic (exact) mass is 183 g/mol. The van der Waals surface area contributed by atoms with Crippen LogP contribution in [-0.2, 0) is 0 Å². The minimum Gasteiger partial charge on any atom is -0.280 e. The number of hydrogen-bond donors (Lipinski definition) is 0. The molecule has 0 aliphatic rings. The number of hydrogen-bond acceptors (Lipinski definition) is 4. The molecule has 0 aliphatic carbocycles. The van der Waals surface area contributed by atoms with Crippen LogP contribution in [0.15, 0.2) is 11.6 Å². The highest BCUT2D eigenvalue weighted by molar-refractivity contribution is 7.71. The first kappa shape index (κ1) is 6.87. The molecule has 2 heterocycles. The van der Waals surface area contributed by atoms with Crippen molar-refractivity contribution in [3.63, 3.8) is 0 Å². The van der Waals surface area contributed by atoms with Crippen LogP contribution in [0.1, 0.15) is 5.82 Å². The lowest BCUT2D eigenvalue weighted by molar-refractivity contribution is 0.937. The lowest BCUT2D eigenvalue weighted by atomic mass is 10.7. The molecule has 0 fully saturated rings. The molecule has 0 atom stereocenters. The highest BCUT2D eigenvalue weighted by Crippen LogP contribution is 2.08. The summed E-state index contributed by atoms with van der Waals surface area (Å²) in [6, 6.07) is 0. The number of nitrogens with zero attached hydrogens (tertiary/aromatic N) is 3. The van der Waals surface area contributed by atoms with Gasteiger partial charge in [-0.1, -0.05) is 0 Å². The minimum absolute atomic E-state index is 0.421. The molecule has 0 N–H and O–H groups in total. The van der Waals surface area contributed by atoms with Crippen LogP contribution in [0.3, 0.4) is 0 Å². The van der Waals surface area contributed by atoms with E-state index in [1.807, 2.05) is 22.9 Å². The minimum atomic E-state index is 0.421. The van der Waals surface area contributed by atoms with E-state index in [1.54, 1.807) is 11.3 Å². The van der Waals surface area contributed by atoms with Gasteiger partial charge in [-0.05, 0) is 19.1 Å². The Morgan fingerprint density at radius 1 is 1.55 bits per heavy atom. The molecule has 0 aliphatic heterocycles. The molecule has 0 amide bonds. The number of aromatic nitrogens is 3. The highest BCUT2D eigenvalue weighted by atomic mass is 32.1. The van der Waals surface area contributed by atoms with Crippen molar-refractivity contribution in [1.82, 2.24) is 14.4 Å². The average Bonchev–Trinajstić information content (AvgIpc) is 2.34. The summed E-state index contributed by atoms with van der Waals surface area (Å²) in [5.74, 6) is 0.890. The molecule has 2 aromatic rings. The van der Waals surface area contributed by atoms with Gasteiger partial charge in [0.1, 0.15) is 5.82 Å². The second-order valence-electron chi connectivity index (χ2n) is 2.11. The van der Waals surface area contributed by atoms with Crippen LogP contribution >= 0.6 is 23.6 Å². The fourth-order valence-electron chi connectivity index (χ4n) is 0.898. The molecule has 2 rings (SSSR count). The first-order valence-corrected chi connectivity index (χ1v) is 4.37. The van der Waals surface area contributed by atoms with Crippen LogP contribution < -0.4 is 0 Å². The van der Waals surface area contributed by atoms with E-state index in [-0.39, 0.29) is 0 Å². The van der Waals surface area contributed by atoms with Crippen molar-refractivity contribution in [2.24, 2.45) is 0 Å². The van der Waals surface area contributed by atoms with Crippen molar-refractivity contribution < 1.29 is 0 Å². The van der Waals surface area contributed by atoms with E-state index in [0.717, 1.165) is 10.8 Å². The topological polar surface area (TPSA) is 30.2 Å². The molecular formula is C6H5N3S2. The van der Waals surface area contributed by atoms with E-state index in [0.29, 0.717) is 4.77 Å². The van der Waals surface area contributed by atoms with Gasteiger partial charge in [0.15, 0.2) is 4.96 Å². The third-order valence-electron chi connectivity index (χ3n) is 1.39. The Morgan fingerprint density at radius 2 is 2.36 bits per heavy atom. The van der Waals surface area contributed by atoms with Crippen LogP contribution in [0.2, 0.25) is 0 Å². The third kappa shape index (κ3) is 1.06. The second kappa shape index (κ2) is 2.35. The summed E-state index contributed by atoms with van der Waals surface area (Å²) in [6.07, 6.45) is 1.93. The van der Waals surface area contributed by atoms with Crippen LogP contribution in [0, 0.1) is 11.7 Å². The van der Waals surface area contributed by atoms with Gasteiger partial charge in [0.25, 0.3) is 0 Å². The van der Waals surface area contributed by atoms with Crippen LogP contribution in [0.4, 0.5) is 0 Å². The Balaban J connectivity index is 3.02. The molecule has 0 bridgehead atoms. The summed E-state index contributed by atoms with van der Waals surface area (Å²) in [5, 5.41) is 1.96. The predicted molar refractivity (Wildman–Crippen MR) is 46.4 cm³/mol. The first-order chi connectivity index (χ1) is 5.27. The molecule has 2 aromatic heterocycles. The lowest BCUT2D eigenvalue weighted by Crippen LogP contribution is -1.95. The predicted octanol–water partition coefficient (Wildman–Crippen LogP) is 1.83. The molecule has 3 nitrogen and oxygen atoms in total. The van der Waals surface area contributed by atoms with Crippen molar-refractivity contribution >= 4 is 28.5 Å². The number of aryl methyl sites for hydroxylation is 1. The third-order valence-corrected chi connectivity index (χ3v) is 2.33. The number of thiazole rings is 1. The normalized spacial score (nSPS) is 10.6. The zero-order valence-electron chi connectivity index (χ0n) is 5.81. The molecule has 0 saturated heterocycles. The molecular weight excluding hydrogens is 178 g/mol. The zero-order valence-corrected chi connectivity index (χ0v) is 7.45. The van der Waals surface area contributed by atoms with E-state index < -0.39 is 0 Å². The van der Waals surface area contributed by atoms with Gasteiger partial charge in [-0.2, -0.15) is 4.98 Å². The Kier molecular flexibility index (Phi) is 1.47. The molecule has 56 valence electrons. The van der Waals surface area contributed by atoms with Gasteiger partial charge in [-0.3, -0.25) is 4.40 Å². The Bertz CT molecular complexity index is 442. The van der Waals surface area contributed by atoms with Gasteiger partial charge >= 0.3 is 0 Å². The smallest absolute Gasteiger partial charge is 0.223 e. The van der Waals surface area contributed by atoms with Gasteiger partial charge in [-0.15, -0.1) is 11.3 Å². The zero-order chi connectivity index (χ0) is 7.84. The Hall–Kier alpha value is -0.810. The Labute approximate surface area is 72.4 Å². The molecule has 11 heavy (non-hydrogen) atoms. The maximum absolute atomic E-state index is 4.86. The van der Waals surface area contributed by atoms with E-state index in [1.165, 1.54) is 0 Å². The maximum atomic E-state index is 4.86. The molecule has 0 unspecified atom stereocenters. The van der Waals surface area contributed by atoms with E-state index in [4.69, 9.17) is 12.2 Å². The van der Waals surface area contributed by atoms with E-state index >= 15 is 0 Å². The highest BCUT2D eigenvalue weighted by Gasteiger charge is 1.97. The van der Waals surface area contributed by atoms with Crippen LogP contribution in [0.5, 0.6) is 0 Å². The summed E-state index contributed by atoms with van der Waals surface area (Å²) in [4.78, 5) is 9.03. The summed E-state index contributed by atoms with van der Waals surface area (Å²) in [6.45, 7) is 1.91. The lowest BCUT2D eigenvalue weighted by Gasteiger charge is -1.94. The van der Waals surface area contributed by atoms with Crippen molar-refractivity contribution in [2.75, 3.05) is 0 Å². The van der Waals surface area contributed by atoms with Crippen molar-refractivity contribution in [3.8, 4) is 0 Å². The quantitative estimate of drug-likeness (QED) is 0.584. The first-order valence-electron chi connectivity index (χ1n) is 3.08. The van der Waals surface area contributed by atoms with Gasteiger partial charge in [-0.25, -0.2) is 4.98 Å². The second-order valence-corrected chi connectivity index (χ2v) is 3.35. The number of fused-ring (bicyclic) bond motifs is 1. The van der Waals surface area contributed by atoms with Crippen LogP contribution in [-0.4, -0.2) is 14.4 Å². The number of rotatable bonds is 0. The maximum Gasteiger partial charge on any atom is 0.223 e. The fraction of sp³-hybridized carbons (Fsp3) is 0.167.